The van der Waals surface area contributed by atoms with Crippen molar-refractivity contribution >= 4 is 15.9 Å². The van der Waals surface area contributed by atoms with Gasteiger partial charge in [0.15, 0.2) is 6.10 Å². The highest BCUT2D eigenvalue weighted by atomic mass is 32.2. The molecule has 0 aliphatic heterocycles. The number of rotatable bonds is 8. The van der Waals surface area contributed by atoms with E-state index in [9.17, 15) is 13.2 Å². The lowest BCUT2D eigenvalue weighted by Gasteiger charge is -2.15. The first kappa shape index (κ1) is 21.5. The van der Waals surface area contributed by atoms with Gasteiger partial charge < -0.3 is 10.1 Å². The van der Waals surface area contributed by atoms with E-state index in [1.54, 1.807) is 19.1 Å². The molecule has 0 spiro atoms. The third kappa shape index (κ3) is 5.46. The number of sulfonamides is 1. The largest absolute Gasteiger partial charge is 0.481 e. The van der Waals surface area contributed by atoms with Crippen LogP contribution in [0.1, 0.15) is 12.5 Å². The molecular weight excluding hydrogens is 400 g/mol. The van der Waals surface area contributed by atoms with E-state index in [1.165, 1.54) is 19.2 Å². The van der Waals surface area contributed by atoms with Crippen LogP contribution < -0.4 is 14.8 Å². The lowest BCUT2D eigenvalue weighted by Crippen LogP contribution is -2.35. The summed E-state index contributed by atoms with van der Waals surface area (Å²) in [4.78, 5) is 12.5. The molecule has 0 aliphatic rings. The van der Waals surface area contributed by atoms with Crippen LogP contribution in [0, 0.1) is 0 Å². The van der Waals surface area contributed by atoms with Gasteiger partial charge in [0.05, 0.1) is 4.90 Å². The van der Waals surface area contributed by atoms with E-state index < -0.39 is 16.1 Å². The van der Waals surface area contributed by atoms with Crippen LogP contribution in [0.3, 0.4) is 0 Å². The van der Waals surface area contributed by atoms with Crippen molar-refractivity contribution in [3.05, 3.63) is 84.4 Å². The molecule has 2 N–H and O–H groups in total. The fourth-order valence-electron chi connectivity index (χ4n) is 2.85. The van der Waals surface area contributed by atoms with Gasteiger partial charge in [0.25, 0.3) is 5.91 Å². The monoisotopic (exact) mass is 424 g/mol. The van der Waals surface area contributed by atoms with Gasteiger partial charge >= 0.3 is 0 Å². The van der Waals surface area contributed by atoms with Gasteiger partial charge in [-0.05, 0) is 54.9 Å². The van der Waals surface area contributed by atoms with Crippen molar-refractivity contribution in [1.82, 2.24) is 10.0 Å². The Hall–Kier alpha value is -3.16. The van der Waals surface area contributed by atoms with Gasteiger partial charge in [0.1, 0.15) is 5.75 Å². The second kappa shape index (κ2) is 9.56. The van der Waals surface area contributed by atoms with E-state index in [0.717, 1.165) is 16.7 Å². The number of carbonyl (C=O) groups excluding carboxylic acids is 1. The topological polar surface area (TPSA) is 84.5 Å². The lowest BCUT2D eigenvalue weighted by atomic mass is 10.1. The summed E-state index contributed by atoms with van der Waals surface area (Å²) in [7, 11) is -2.11. The van der Waals surface area contributed by atoms with Crippen molar-refractivity contribution in [3.63, 3.8) is 0 Å². The Bertz CT molecular complexity index is 1080. The molecule has 1 amide bonds. The molecule has 0 saturated heterocycles. The third-order valence-electron chi connectivity index (χ3n) is 4.61. The summed E-state index contributed by atoms with van der Waals surface area (Å²) in [6.45, 7) is 1.96. The molecule has 0 bridgehead atoms. The zero-order valence-electron chi connectivity index (χ0n) is 16.8. The molecule has 156 valence electrons. The Balaban J connectivity index is 1.53. The fourth-order valence-corrected chi connectivity index (χ4v) is 3.58. The molecule has 3 aromatic carbocycles. The number of nitrogens with one attached hydrogen (secondary N) is 2. The summed E-state index contributed by atoms with van der Waals surface area (Å²) in [5.74, 6) is 0.355. The van der Waals surface area contributed by atoms with Gasteiger partial charge in [-0.1, -0.05) is 54.6 Å². The number of amides is 1. The zero-order chi connectivity index (χ0) is 21.6. The van der Waals surface area contributed by atoms with E-state index in [-0.39, 0.29) is 17.3 Å². The van der Waals surface area contributed by atoms with Crippen LogP contribution in [0.25, 0.3) is 11.1 Å². The van der Waals surface area contributed by atoms with E-state index in [1.807, 2.05) is 54.6 Å². The van der Waals surface area contributed by atoms with Crippen molar-refractivity contribution in [1.29, 1.82) is 0 Å². The highest BCUT2D eigenvalue weighted by Gasteiger charge is 2.15. The second-order valence-electron chi connectivity index (χ2n) is 6.72. The molecule has 1 unspecified atom stereocenters. The van der Waals surface area contributed by atoms with Crippen molar-refractivity contribution < 1.29 is 17.9 Å². The first-order chi connectivity index (χ1) is 14.4. The summed E-state index contributed by atoms with van der Waals surface area (Å²) < 4.78 is 31.5. The number of hydrogen-bond acceptors (Lipinski definition) is 4. The standard InChI is InChI=1S/C23H24N2O4S/c1-17(29-21-12-10-20(11-13-21)19-6-4-3-5-7-19)23(26)25-16-18-8-14-22(15-9-18)30(27,28)24-2/h3-15,17,24H,16H2,1-2H3,(H,25,26). The van der Waals surface area contributed by atoms with E-state index in [0.29, 0.717) is 5.75 Å². The number of carbonyl (C=O) groups is 1. The first-order valence-electron chi connectivity index (χ1n) is 9.51. The highest BCUT2D eigenvalue weighted by Crippen LogP contribution is 2.22. The molecule has 6 nitrogen and oxygen atoms in total. The molecule has 0 radical (unpaired) electrons. The molecule has 0 fully saturated rings. The molecule has 3 rings (SSSR count). The van der Waals surface area contributed by atoms with Gasteiger partial charge in [-0.2, -0.15) is 0 Å². The lowest BCUT2D eigenvalue weighted by molar-refractivity contribution is -0.127. The van der Waals surface area contributed by atoms with Crippen LogP contribution in [-0.4, -0.2) is 27.5 Å². The smallest absolute Gasteiger partial charge is 0.261 e. The van der Waals surface area contributed by atoms with Gasteiger partial charge in [0, 0.05) is 6.54 Å². The third-order valence-corrected chi connectivity index (χ3v) is 6.04. The fraction of sp³-hybridized carbons (Fsp3) is 0.174. The van der Waals surface area contributed by atoms with Crippen molar-refractivity contribution in [2.45, 2.75) is 24.5 Å². The minimum absolute atomic E-state index is 0.177. The van der Waals surface area contributed by atoms with Crippen LogP contribution in [-0.2, 0) is 21.4 Å². The highest BCUT2D eigenvalue weighted by molar-refractivity contribution is 7.89. The zero-order valence-corrected chi connectivity index (χ0v) is 17.6. The van der Waals surface area contributed by atoms with E-state index in [2.05, 4.69) is 10.0 Å². The second-order valence-corrected chi connectivity index (χ2v) is 8.61. The molecule has 0 aliphatic carbocycles. The maximum atomic E-state index is 12.3. The average Bonchev–Trinajstić information content (AvgIpc) is 2.78. The minimum atomic E-state index is -3.47. The summed E-state index contributed by atoms with van der Waals surface area (Å²) in [6, 6.07) is 23.9. The number of benzene rings is 3. The number of hydrogen-bond donors (Lipinski definition) is 2. The van der Waals surface area contributed by atoms with Gasteiger partial charge in [0.2, 0.25) is 10.0 Å². The normalized spacial score (nSPS) is 12.2. The Morgan fingerprint density at radius 2 is 1.50 bits per heavy atom. The maximum Gasteiger partial charge on any atom is 0.261 e. The Kier molecular flexibility index (Phi) is 6.87. The molecule has 1 atom stereocenters. The first-order valence-corrected chi connectivity index (χ1v) is 11.0. The van der Waals surface area contributed by atoms with Crippen LogP contribution in [0.15, 0.2) is 83.8 Å². The summed E-state index contributed by atoms with van der Waals surface area (Å²) in [5.41, 5.74) is 2.98. The van der Waals surface area contributed by atoms with Gasteiger partial charge in [-0.3, -0.25) is 4.79 Å². The van der Waals surface area contributed by atoms with Gasteiger partial charge in [-0.15, -0.1) is 0 Å². The SMILES string of the molecule is CNS(=O)(=O)c1ccc(CNC(=O)C(C)Oc2ccc(-c3ccccc3)cc2)cc1. The van der Waals surface area contributed by atoms with Crippen molar-refractivity contribution in [2.75, 3.05) is 7.05 Å². The van der Waals surface area contributed by atoms with Crippen LogP contribution >= 0.6 is 0 Å². The predicted octanol–water partition coefficient (Wildman–Crippen LogP) is 3.35. The van der Waals surface area contributed by atoms with Crippen molar-refractivity contribution in [2.24, 2.45) is 0 Å². The Morgan fingerprint density at radius 3 is 2.10 bits per heavy atom. The molecule has 7 heteroatoms. The maximum absolute atomic E-state index is 12.3. The minimum Gasteiger partial charge on any atom is -0.481 e. The van der Waals surface area contributed by atoms with Crippen LogP contribution in [0.5, 0.6) is 5.75 Å². The Morgan fingerprint density at radius 1 is 0.900 bits per heavy atom. The number of ether oxygens (including phenoxy) is 1. The van der Waals surface area contributed by atoms with E-state index >= 15 is 0 Å². The molecular formula is C23H24N2O4S. The molecule has 3 aromatic rings. The molecule has 0 aromatic heterocycles. The predicted molar refractivity (Wildman–Crippen MR) is 117 cm³/mol. The molecule has 0 heterocycles. The van der Waals surface area contributed by atoms with E-state index in [4.69, 9.17) is 4.74 Å². The van der Waals surface area contributed by atoms with Gasteiger partial charge in [-0.25, -0.2) is 13.1 Å². The molecule has 0 saturated carbocycles. The average molecular weight is 425 g/mol. The quantitative estimate of drug-likeness (QED) is 0.581. The van der Waals surface area contributed by atoms with Crippen LogP contribution in [0.4, 0.5) is 0 Å². The summed E-state index contributed by atoms with van der Waals surface area (Å²) in [6.07, 6.45) is -0.670. The van der Waals surface area contributed by atoms with Crippen LogP contribution in [0.2, 0.25) is 0 Å². The Labute approximate surface area is 177 Å². The van der Waals surface area contributed by atoms with Crippen molar-refractivity contribution in [3.8, 4) is 16.9 Å². The summed E-state index contributed by atoms with van der Waals surface area (Å²) >= 11 is 0. The summed E-state index contributed by atoms with van der Waals surface area (Å²) in [5, 5.41) is 2.80. The molecule has 30 heavy (non-hydrogen) atoms.